The third kappa shape index (κ3) is 3.97. The topological polar surface area (TPSA) is 23.5 Å². The van der Waals surface area contributed by atoms with Crippen molar-refractivity contribution in [2.24, 2.45) is 5.92 Å². The summed E-state index contributed by atoms with van der Waals surface area (Å²) in [5.74, 6) is 0.923. The Labute approximate surface area is 117 Å². The fraction of sp³-hybridized carbons (Fsp3) is 0.647. The average molecular weight is 261 g/mol. The van der Waals surface area contributed by atoms with Crippen LogP contribution in [-0.2, 0) is 0 Å². The first-order chi connectivity index (χ1) is 9.20. The molecule has 0 amide bonds. The number of rotatable bonds is 4. The van der Waals surface area contributed by atoms with Crippen LogP contribution in [-0.4, -0.2) is 18.2 Å². The van der Waals surface area contributed by atoms with Crippen LogP contribution in [0.2, 0.25) is 0 Å². The number of aliphatic hydroxyl groups is 1. The highest BCUT2D eigenvalue weighted by Crippen LogP contribution is 2.26. The van der Waals surface area contributed by atoms with Gasteiger partial charge in [0.05, 0.1) is 6.10 Å². The fourth-order valence-electron chi connectivity index (χ4n) is 3.08. The summed E-state index contributed by atoms with van der Waals surface area (Å²) in [6.07, 6.45) is 6.35. The van der Waals surface area contributed by atoms with Gasteiger partial charge in [0.25, 0.3) is 0 Å². The molecule has 1 N–H and O–H groups in total. The predicted molar refractivity (Wildman–Crippen MR) is 81.5 cm³/mol. The van der Waals surface area contributed by atoms with Gasteiger partial charge < -0.3 is 10.0 Å². The second-order valence-electron chi connectivity index (χ2n) is 5.84. The van der Waals surface area contributed by atoms with E-state index in [1.54, 1.807) is 0 Å². The number of anilines is 1. The highest BCUT2D eigenvalue weighted by atomic mass is 16.3. The molecule has 2 nitrogen and oxygen atoms in total. The van der Waals surface area contributed by atoms with E-state index in [0.717, 1.165) is 11.5 Å². The lowest BCUT2D eigenvalue weighted by Gasteiger charge is -2.23. The molecule has 2 rings (SSSR count). The Balaban J connectivity index is 1.97. The summed E-state index contributed by atoms with van der Waals surface area (Å²) < 4.78 is 0. The van der Waals surface area contributed by atoms with E-state index in [0.29, 0.717) is 0 Å². The first-order valence-corrected chi connectivity index (χ1v) is 7.73. The van der Waals surface area contributed by atoms with Crippen LogP contribution in [0.5, 0.6) is 0 Å². The van der Waals surface area contributed by atoms with E-state index in [4.69, 9.17) is 0 Å². The predicted octanol–water partition coefficient (Wildman–Crippen LogP) is 4.15. The van der Waals surface area contributed by atoms with Crippen LogP contribution in [0.15, 0.2) is 24.3 Å². The normalized spacial score (nSPS) is 22.1. The van der Waals surface area contributed by atoms with E-state index >= 15 is 0 Å². The van der Waals surface area contributed by atoms with Crippen molar-refractivity contribution >= 4 is 5.69 Å². The standard InChI is InChI=1S/C17H27NO/c1-3-5-15-6-4-12-18(13-11-15)17-9-7-16(8-10-17)14(2)19/h7-10,14-15,19H,3-6,11-13H2,1-2H3. The highest BCUT2D eigenvalue weighted by Gasteiger charge is 2.16. The minimum atomic E-state index is -0.368. The van der Waals surface area contributed by atoms with E-state index in [2.05, 4.69) is 36.1 Å². The second kappa shape index (κ2) is 6.95. The molecule has 1 saturated heterocycles. The Morgan fingerprint density at radius 3 is 2.58 bits per heavy atom. The molecule has 1 aliphatic heterocycles. The number of nitrogens with zero attached hydrogens (tertiary/aromatic N) is 1. The van der Waals surface area contributed by atoms with Crippen LogP contribution in [0.4, 0.5) is 5.69 Å². The Bertz CT molecular complexity index is 371. The third-order valence-electron chi connectivity index (χ3n) is 4.29. The van der Waals surface area contributed by atoms with Crippen molar-refractivity contribution in [3.63, 3.8) is 0 Å². The van der Waals surface area contributed by atoms with Crippen molar-refractivity contribution in [3.05, 3.63) is 29.8 Å². The molecule has 2 atom stereocenters. The monoisotopic (exact) mass is 261 g/mol. The number of hydrogen-bond donors (Lipinski definition) is 1. The van der Waals surface area contributed by atoms with Crippen LogP contribution in [0, 0.1) is 5.92 Å². The molecule has 1 fully saturated rings. The fourth-order valence-corrected chi connectivity index (χ4v) is 3.08. The van der Waals surface area contributed by atoms with Gasteiger partial charge in [0, 0.05) is 18.8 Å². The number of benzene rings is 1. The molecule has 2 unspecified atom stereocenters. The van der Waals surface area contributed by atoms with Gasteiger partial charge in [0.1, 0.15) is 0 Å². The first kappa shape index (κ1) is 14.4. The zero-order valence-electron chi connectivity index (χ0n) is 12.3. The highest BCUT2D eigenvalue weighted by molar-refractivity contribution is 5.48. The lowest BCUT2D eigenvalue weighted by molar-refractivity contribution is 0.199. The molecule has 1 aromatic rings. The van der Waals surface area contributed by atoms with Crippen molar-refractivity contribution in [1.29, 1.82) is 0 Å². The maximum Gasteiger partial charge on any atom is 0.0761 e. The quantitative estimate of drug-likeness (QED) is 0.880. The van der Waals surface area contributed by atoms with Gasteiger partial charge in [-0.1, -0.05) is 31.9 Å². The van der Waals surface area contributed by atoms with Gasteiger partial charge in [0.2, 0.25) is 0 Å². The van der Waals surface area contributed by atoms with Crippen molar-refractivity contribution in [2.45, 2.75) is 52.1 Å². The molecule has 0 saturated carbocycles. The van der Waals surface area contributed by atoms with Gasteiger partial charge in [-0.2, -0.15) is 0 Å². The molecular weight excluding hydrogens is 234 g/mol. The maximum absolute atomic E-state index is 9.55. The van der Waals surface area contributed by atoms with Crippen molar-refractivity contribution in [1.82, 2.24) is 0 Å². The SMILES string of the molecule is CCCC1CCCN(c2ccc(C(C)O)cc2)CC1. The van der Waals surface area contributed by atoms with Gasteiger partial charge in [-0.15, -0.1) is 0 Å². The van der Waals surface area contributed by atoms with Crippen LogP contribution in [0.3, 0.4) is 0 Å². The average Bonchev–Trinajstić information content (AvgIpc) is 2.65. The van der Waals surface area contributed by atoms with Gasteiger partial charge >= 0.3 is 0 Å². The van der Waals surface area contributed by atoms with Crippen molar-refractivity contribution in [2.75, 3.05) is 18.0 Å². The van der Waals surface area contributed by atoms with Crippen LogP contribution < -0.4 is 4.90 Å². The number of aliphatic hydroxyl groups excluding tert-OH is 1. The lowest BCUT2D eigenvalue weighted by Crippen LogP contribution is -2.24. The van der Waals surface area contributed by atoms with E-state index in [1.807, 2.05) is 6.92 Å². The van der Waals surface area contributed by atoms with Crippen LogP contribution in [0.1, 0.15) is 57.6 Å². The van der Waals surface area contributed by atoms with Crippen molar-refractivity contribution < 1.29 is 5.11 Å². The minimum absolute atomic E-state index is 0.368. The molecule has 0 bridgehead atoms. The molecular formula is C17H27NO. The Morgan fingerprint density at radius 1 is 1.21 bits per heavy atom. The molecule has 106 valence electrons. The minimum Gasteiger partial charge on any atom is -0.389 e. The molecule has 0 radical (unpaired) electrons. The molecule has 2 heteroatoms. The summed E-state index contributed by atoms with van der Waals surface area (Å²) in [7, 11) is 0. The Morgan fingerprint density at radius 2 is 1.95 bits per heavy atom. The molecule has 0 aromatic heterocycles. The molecule has 1 aliphatic rings. The molecule has 0 aliphatic carbocycles. The smallest absolute Gasteiger partial charge is 0.0761 e. The van der Waals surface area contributed by atoms with Crippen LogP contribution >= 0.6 is 0 Å². The van der Waals surface area contributed by atoms with Gasteiger partial charge in [-0.25, -0.2) is 0 Å². The Kier molecular flexibility index (Phi) is 5.26. The Hall–Kier alpha value is -1.02. The number of hydrogen-bond acceptors (Lipinski definition) is 2. The summed E-state index contributed by atoms with van der Waals surface area (Å²) >= 11 is 0. The van der Waals surface area contributed by atoms with Crippen LogP contribution in [0.25, 0.3) is 0 Å². The van der Waals surface area contributed by atoms with Crippen molar-refractivity contribution in [3.8, 4) is 0 Å². The molecule has 1 heterocycles. The zero-order valence-corrected chi connectivity index (χ0v) is 12.3. The van der Waals surface area contributed by atoms with E-state index < -0.39 is 0 Å². The summed E-state index contributed by atoms with van der Waals surface area (Å²) in [6.45, 7) is 6.46. The molecule has 19 heavy (non-hydrogen) atoms. The van der Waals surface area contributed by atoms with Gasteiger partial charge in [0.15, 0.2) is 0 Å². The zero-order chi connectivity index (χ0) is 13.7. The van der Waals surface area contributed by atoms with E-state index in [-0.39, 0.29) is 6.10 Å². The first-order valence-electron chi connectivity index (χ1n) is 7.73. The van der Waals surface area contributed by atoms with E-state index in [9.17, 15) is 5.11 Å². The lowest BCUT2D eigenvalue weighted by atomic mass is 9.96. The van der Waals surface area contributed by atoms with Gasteiger partial charge in [-0.05, 0) is 49.8 Å². The van der Waals surface area contributed by atoms with E-state index in [1.165, 1.54) is 50.9 Å². The summed E-state index contributed by atoms with van der Waals surface area (Å²) in [5, 5.41) is 9.55. The second-order valence-corrected chi connectivity index (χ2v) is 5.84. The summed E-state index contributed by atoms with van der Waals surface area (Å²) in [5.41, 5.74) is 2.31. The third-order valence-corrected chi connectivity index (χ3v) is 4.29. The summed E-state index contributed by atoms with van der Waals surface area (Å²) in [6, 6.07) is 8.41. The summed E-state index contributed by atoms with van der Waals surface area (Å²) in [4.78, 5) is 2.50. The largest absolute Gasteiger partial charge is 0.389 e. The molecule has 1 aromatic carbocycles. The van der Waals surface area contributed by atoms with Gasteiger partial charge in [-0.3, -0.25) is 0 Å². The maximum atomic E-state index is 9.55. The molecule has 0 spiro atoms.